The van der Waals surface area contributed by atoms with Gasteiger partial charge in [-0.05, 0) is 25.1 Å². The number of sulfonamides is 1. The van der Waals surface area contributed by atoms with Crippen molar-refractivity contribution in [3.63, 3.8) is 0 Å². The van der Waals surface area contributed by atoms with Gasteiger partial charge in [-0.25, -0.2) is 22.8 Å². The molecule has 0 aliphatic rings. The third-order valence-corrected chi connectivity index (χ3v) is 7.67. The van der Waals surface area contributed by atoms with Crippen molar-refractivity contribution in [2.45, 2.75) is 25.0 Å². The molecule has 36 heavy (non-hydrogen) atoms. The molecular weight excluding hydrogens is 491 g/mol. The molecule has 0 unspecified atom stereocenters. The maximum atomic E-state index is 13.4. The molecule has 2 atom stereocenters. The molecule has 3 aromatic heterocycles. The summed E-state index contributed by atoms with van der Waals surface area (Å²) in [7, 11) is 0.647. The third-order valence-electron chi connectivity index (χ3n) is 5.81. The second-order valence-corrected chi connectivity index (χ2v) is 9.97. The van der Waals surface area contributed by atoms with Crippen molar-refractivity contribution in [2.75, 3.05) is 18.9 Å². The highest BCUT2D eigenvalue weighted by molar-refractivity contribution is 7.93. The van der Waals surface area contributed by atoms with Gasteiger partial charge in [0.1, 0.15) is 28.7 Å². The van der Waals surface area contributed by atoms with Crippen LogP contribution in [0.15, 0.2) is 42.9 Å². The molecule has 0 aliphatic heterocycles. The van der Waals surface area contributed by atoms with Gasteiger partial charge in [0.25, 0.3) is 0 Å². The normalized spacial score (nSPS) is 13.3. The van der Waals surface area contributed by atoms with Gasteiger partial charge in [0.2, 0.25) is 16.0 Å². The van der Waals surface area contributed by atoms with Crippen molar-refractivity contribution < 1.29 is 22.3 Å². The summed E-state index contributed by atoms with van der Waals surface area (Å²) >= 11 is 0. The lowest BCUT2D eigenvalue weighted by molar-refractivity contribution is 0.391. The van der Waals surface area contributed by atoms with Crippen LogP contribution in [0.5, 0.6) is 11.5 Å². The number of aromatic nitrogens is 7. The van der Waals surface area contributed by atoms with Crippen LogP contribution in [0, 0.1) is 5.82 Å². The highest BCUT2D eigenvalue weighted by atomic mass is 32.2. The average Bonchev–Trinajstić information content (AvgIpc) is 3.47. The summed E-state index contributed by atoms with van der Waals surface area (Å²) in [6.45, 7) is 3.15. The first-order valence-corrected chi connectivity index (χ1v) is 12.4. The van der Waals surface area contributed by atoms with E-state index in [4.69, 9.17) is 9.47 Å². The highest BCUT2D eigenvalue weighted by Gasteiger charge is 2.32. The zero-order valence-electron chi connectivity index (χ0n) is 20.2. The minimum absolute atomic E-state index is 0.0897. The van der Waals surface area contributed by atoms with Crippen LogP contribution < -0.4 is 14.2 Å². The van der Waals surface area contributed by atoms with Crippen LogP contribution in [0.4, 0.5) is 10.3 Å². The van der Waals surface area contributed by atoms with E-state index in [9.17, 15) is 12.8 Å². The van der Waals surface area contributed by atoms with Crippen LogP contribution in [-0.4, -0.2) is 62.4 Å². The molecule has 190 valence electrons. The zero-order chi connectivity index (χ0) is 26.0. The predicted molar refractivity (Wildman–Crippen MR) is 129 cm³/mol. The second-order valence-electron chi connectivity index (χ2n) is 7.93. The number of benzene rings is 1. The van der Waals surface area contributed by atoms with Crippen LogP contribution in [0.25, 0.3) is 17.2 Å². The zero-order valence-corrected chi connectivity index (χ0v) is 21.1. The first kappa shape index (κ1) is 25.0. The van der Waals surface area contributed by atoms with Crippen molar-refractivity contribution in [1.29, 1.82) is 0 Å². The molecular formula is C22H25FN8O4S. The van der Waals surface area contributed by atoms with E-state index in [1.807, 2.05) is 0 Å². The number of anilines is 1. The molecule has 0 amide bonds. The Hall–Kier alpha value is -4.07. The number of para-hydroxylation sites is 1. The predicted octanol–water partition coefficient (Wildman–Crippen LogP) is 2.55. The number of hydrogen-bond donors (Lipinski definition) is 1. The number of aryl methyl sites for hydroxylation is 1. The first-order chi connectivity index (χ1) is 17.2. The summed E-state index contributed by atoms with van der Waals surface area (Å²) in [4.78, 5) is 7.85. The molecule has 0 bridgehead atoms. The van der Waals surface area contributed by atoms with Crippen LogP contribution >= 0.6 is 0 Å². The number of nitrogens with zero attached hydrogens (tertiary/aromatic N) is 7. The molecule has 1 N–H and O–H groups in total. The van der Waals surface area contributed by atoms with Crippen molar-refractivity contribution in [3.05, 3.63) is 54.5 Å². The quantitative estimate of drug-likeness (QED) is 0.355. The molecule has 1 aromatic carbocycles. The fourth-order valence-corrected chi connectivity index (χ4v) is 4.86. The van der Waals surface area contributed by atoms with E-state index in [-0.39, 0.29) is 11.8 Å². The monoisotopic (exact) mass is 516 g/mol. The molecule has 0 radical (unpaired) electrons. The Balaban J connectivity index is 1.82. The largest absolute Gasteiger partial charge is 0.494 e. The number of nitrogens with one attached hydrogen (secondary N) is 1. The van der Waals surface area contributed by atoms with E-state index in [0.717, 1.165) is 12.4 Å². The van der Waals surface area contributed by atoms with E-state index < -0.39 is 27.0 Å². The van der Waals surface area contributed by atoms with Gasteiger partial charge in [0.05, 0.1) is 31.9 Å². The molecule has 14 heteroatoms. The summed E-state index contributed by atoms with van der Waals surface area (Å²) in [5.41, 5.74) is 0.964. The topological polar surface area (TPSA) is 139 Å². The molecule has 3 heterocycles. The van der Waals surface area contributed by atoms with Crippen LogP contribution in [0.1, 0.15) is 25.6 Å². The number of methoxy groups -OCH3 is 2. The smallest absolute Gasteiger partial charge is 0.243 e. The average molecular weight is 517 g/mol. The summed E-state index contributed by atoms with van der Waals surface area (Å²) in [6, 6.07) is 6.88. The fourth-order valence-electron chi connectivity index (χ4n) is 3.63. The molecule has 12 nitrogen and oxygen atoms in total. The Morgan fingerprint density at radius 1 is 1.03 bits per heavy atom. The minimum Gasteiger partial charge on any atom is -0.494 e. The highest BCUT2D eigenvalue weighted by Crippen LogP contribution is 2.38. The van der Waals surface area contributed by atoms with Gasteiger partial charge in [-0.1, -0.05) is 13.0 Å². The lowest BCUT2D eigenvalue weighted by Gasteiger charge is -2.21. The fraction of sp³-hybridized carbons (Fsp3) is 0.318. The minimum atomic E-state index is -4.06. The molecule has 4 rings (SSSR count). The van der Waals surface area contributed by atoms with Crippen LogP contribution in [0.2, 0.25) is 0 Å². The van der Waals surface area contributed by atoms with Gasteiger partial charge in [-0.3, -0.25) is 14.0 Å². The SMILES string of the molecule is COc1cccc(OC)c1-n1c(NS(=O)(=O)[C@@H](C)[C@H](C)c2ncc(F)cn2)nnc1-c1ccnn1C. The van der Waals surface area contributed by atoms with Crippen molar-refractivity contribution in [1.82, 2.24) is 34.5 Å². The second kappa shape index (κ2) is 9.89. The Bertz CT molecular complexity index is 1450. The van der Waals surface area contributed by atoms with E-state index in [1.165, 1.54) is 25.7 Å². The van der Waals surface area contributed by atoms with Crippen molar-refractivity contribution >= 4 is 16.0 Å². The molecule has 0 saturated heterocycles. The molecule has 0 aliphatic carbocycles. The lowest BCUT2D eigenvalue weighted by Crippen LogP contribution is -2.31. The van der Waals surface area contributed by atoms with E-state index in [2.05, 4.69) is 30.0 Å². The number of rotatable bonds is 9. The number of ether oxygens (including phenoxy) is 2. The molecule has 4 aromatic rings. The van der Waals surface area contributed by atoms with Crippen molar-refractivity contribution in [3.8, 4) is 28.7 Å². The maximum Gasteiger partial charge on any atom is 0.243 e. The molecule has 0 saturated carbocycles. The Morgan fingerprint density at radius 2 is 1.67 bits per heavy atom. The van der Waals surface area contributed by atoms with E-state index in [1.54, 1.807) is 49.1 Å². The lowest BCUT2D eigenvalue weighted by atomic mass is 10.1. The van der Waals surface area contributed by atoms with E-state index in [0.29, 0.717) is 28.7 Å². The number of halogens is 1. The summed E-state index contributed by atoms with van der Waals surface area (Å²) in [5.74, 6) is -0.0555. The van der Waals surface area contributed by atoms with Gasteiger partial charge in [-0.15, -0.1) is 10.2 Å². The van der Waals surface area contributed by atoms with Gasteiger partial charge in [0, 0.05) is 19.2 Å². The third kappa shape index (κ3) is 4.58. The van der Waals surface area contributed by atoms with Crippen LogP contribution in [-0.2, 0) is 17.1 Å². The Kier molecular flexibility index (Phi) is 6.88. The number of hydrogen-bond acceptors (Lipinski definition) is 9. The maximum absolute atomic E-state index is 13.4. The first-order valence-electron chi connectivity index (χ1n) is 10.8. The van der Waals surface area contributed by atoms with E-state index >= 15 is 0 Å². The summed E-state index contributed by atoms with van der Waals surface area (Å²) in [5, 5.41) is 11.6. The molecule has 0 fully saturated rings. The standard InChI is InChI=1S/C22H25FN8O4S/c1-13(20-24-11-15(23)12-25-20)14(2)36(32,33)29-22-28-27-21(16-9-10-26-30(16)3)31(22)19-17(34-4)7-6-8-18(19)35-5/h6-14H,1-5H3,(H,28,29)/t13-,14-/m0/s1. The summed E-state index contributed by atoms with van der Waals surface area (Å²) < 4.78 is 56.8. The Labute approximate surface area is 207 Å². The van der Waals surface area contributed by atoms with Crippen LogP contribution in [0.3, 0.4) is 0 Å². The van der Waals surface area contributed by atoms with Gasteiger partial charge in [0.15, 0.2) is 11.6 Å². The van der Waals surface area contributed by atoms with Gasteiger partial charge >= 0.3 is 0 Å². The van der Waals surface area contributed by atoms with Gasteiger partial charge < -0.3 is 9.47 Å². The Morgan fingerprint density at radius 3 is 2.22 bits per heavy atom. The molecule has 0 spiro atoms. The van der Waals surface area contributed by atoms with Crippen molar-refractivity contribution in [2.24, 2.45) is 7.05 Å². The summed E-state index contributed by atoms with van der Waals surface area (Å²) in [6.07, 6.45) is 3.58. The van der Waals surface area contributed by atoms with Gasteiger partial charge in [-0.2, -0.15) is 5.10 Å².